The van der Waals surface area contributed by atoms with Crippen LogP contribution < -0.4 is 16.0 Å². The fourth-order valence-corrected chi connectivity index (χ4v) is 6.30. The number of aryl methyl sites for hydroxylation is 1. The van der Waals surface area contributed by atoms with Gasteiger partial charge in [-0.3, -0.25) is 19.2 Å². The summed E-state index contributed by atoms with van der Waals surface area (Å²) in [5, 5.41) is 19.4. The van der Waals surface area contributed by atoms with Crippen LogP contribution in [0.15, 0.2) is 29.8 Å². The molecule has 2 saturated heterocycles. The topological polar surface area (TPSA) is 144 Å². The first kappa shape index (κ1) is 32.6. The Bertz CT molecular complexity index is 1280. The predicted octanol–water partition coefficient (Wildman–Crippen LogP) is 1.83. The molecule has 43 heavy (non-hydrogen) atoms. The molecule has 4 rings (SSSR count). The van der Waals surface area contributed by atoms with Crippen molar-refractivity contribution in [1.82, 2.24) is 30.7 Å². The number of carbonyl (C=O) groups is 4. The number of nitrogens with one attached hydrogen (secondary N) is 3. The molecule has 2 aliphatic rings. The predicted molar refractivity (Wildman–Crippen MR) is 165 cm³/mol. The van der Waals surface area contributed by atoms with Gasteiger partial charge >= 0.3 is 0 Å². The summed E-state index contributed by atoms with van der Waals surface area (Å²) in [6, 6.07) is 6.14. The largest absolute Gasteiger partial charge is 0.391 e. The second-order valence-electron chi connectivity index (χ2n) is 12.4. The van der Waals surface area contributed by atoms with Crippen molar-refractivity contribution < 1.29 is 24.3 Å². The molecule has 1 aromatic carbocycles. The molecule has 0 bridgehead atoms. The van der Waals surface area contributed by atoms with Gasteiger partial charge in [-0.2, -0.15) is 0 Å². The fourth-order valence-electron chi connectivity index (χ4n) is 5.49. The van der Waals surface area contributed by atoms with Crippen LogP contribution >= 0.6 is 11.3 Å². The van der Waals surface area contributed by atoms with Gasteiger partial charge in [-0.1, -0.05) is 45.0 Å². The van der Waals surface area contributed by atoms with E-state index in [0.717, 1.165) is 34.8 Å². The highest BCUT2D eigenvalue weighted by Crippen LogP contribution is 2.28. The number of benzene rings is 1. The van der Waals surface area contributed by atoms with E-state index >= 15 is 0 Å². The number of hydrogen-bond donors (Lipinski definition) is 4. The Morgan fingerprint density at radius 3 is 2.44 bits per heavy atom. The van der Waals surface area contributed by atoms with Gasteiger partial charge < -0.3 is 30.9 Å². The summed E-state index contributed by atoms with van der Waals surface area (Å²) in [6.07, 6.45) is 0.0632. The van der Waals surface area contributed by atoms with E-state index in [0.29, 0.717) is 19.5 Å². The molecule has 0 aliphatic carbocycles. The molecule has 1 aromatic heterocycles. The standard InChI is InChI=1S/C31H44N6O5S/c1-20-27(43-19-34-20)22-10-8-21(9-11-22)17-33-29(41)24-16-23(38)18-37(24)30(42)28(31(2,3)4)35-25(39)6-5-7-26(40)36-14-12-32-13-15-36/h8-11,19,23-24,28,32,38H,5-7,12-18H2,1-4H3,(H,33,41)(H,35,39)/t23-,24+,28-/m1/s1. The molecule has 4 amide bonds. The molecular formula is C31H44N6O5S. The van der Waals surface area contributed by atoms with E-state index in [1.807, 2.05) is 57.5 Å². The third-order valence-corrected chi connectivity index (χ3v) is 8.95. The lowest BCUT2D eigenvalue weighted by molar-refractivity contribution is -0.144. The third-order valence-electron chi connectivity index (χ3n) is 7.98. The lowest BCUT2D eigenvalue weighted by Gasteiger charge is -2.35. The highest BCUT2D eigenvalue weighted by Gasteiger charge is 2.44. The molecule has 3 heterocycles. The monoisotopic (exact) mass is 612 g/mol. The number of amides is 4. The van der Waals surface area contributed by atoms with Crippen molar-refractivity contribution in [3.05, 3.63) is 41.0 Å². The maximum atomic E-state index is 13.8. The van der Waals surface area contributed by atoms with Gasteiger partial charge in [0.15, 0.2) is 0 Å². The number of nitrogens with zero attached hydrogens (tertiary/aromatic N) is 3. The number of aromatic nitrogens is 1. The summed E-state index contributed by atoms with van der Waals surface area (Å²) in [5.41, 5.74) is 4.12. The Morgan fingerprint density at radius 1 is 1.12 bits per heavy atom. The van der Waals surface area contributed by atoms with Crippen LogP contribution in [0.2, 0.25) is 0 Å². The lowest BCUT2D eigenvalue weighted by atomic mass is 9.85. The summed E-state index contributed by atoms with van der Waals surface area (Å²) < 4.78 is 0. The van der Waals surface area contributed by atoms with Gasteiger partial charge in [-0.05, 0) is 29.9 Å². The molecule has 0 radical (unpaired) electrons. The fraction of sp³-hybridized carbons (Fsp3) is 0.581. The second-order valence-corrected chi connectivity index (χ2v) is 13.3. The summed E-state index contributed by atoms with van der Waals surface area (Å²) >= 11 is 1.58. The molecule has 0 unspecified atom stereocenters. The number of piperazine rings is 1. The van der Waals surface area contributed by atoms with Crippen molar-refractivity contribution in [1.29, 1.82) is 0 Å². The molecule has 234 valence electrons. The van der Waals surface area contributed by atoms with E-state index < -0.39 is 29.5 Å². The first-order chi connectivity index (χ1) is 20.4. The van der Waals surface area contributed by atoms with Crippen LogP contribution in [0.4, 0.5) is 0 Å². The van der Waals surface area contributed by atoms with Crippen molar-refractivity contribution in [2.24, 2.45) is 5.41 Å². The van der Waals surface area contributed by atoms with E-state index in [1.54, 1.807) is 16.2 Å². The summed E-state index contributed by atoms with van der Waals surface area (Å²) in [6.45, 7) is 10.7. The number of β-amino-alcohol motifs (C(OH)–C–C–N with tert-alkyl or cyclic N) is 1. The zero-order valence-electron chi connectivity index (χ0n) is 25.5. The molecule has 11 nitrogen and oxygen atoms in total. The minimum atomic E-state index is -0.896. The molecule has 2 fully saturated rings. The highest BCUT2D eigenvalue weighted by molar-refractivity contribution is 7.13. The molecule has 2 aliphatic heterocycles. The van der Waals surface area contributed by atoms with E-state index in [2.05, 4.69) is 20.9 Å². The van der Waals surface area contributed by atoms with Crippen LogP contribution in [0.5, 0.6) is 0 Å². The zero-order valence-corrected chi connectivity index (χ0v) is 26.3. The number of likely N-dealkylation sites (tertiary alicyclic amines) is 1. The normalized spacial score (nSPS) is 19.7. The summed E-state index contributed by atoms with van der Waals surface area (Å²) in [7, 11) is 0. The van der Waals surface area contributed by atoms with Gasteiger partial charge in [-0.15, -0.1) is 11.3 Å². The number of thiazole rings is 1. The second kappa shape index (κ2) is 14.4. The van der Waals surface area contributed by atoms with Crippen LogP contribution in [-0.2, 0) is 25.7 Å². The number of aliphatic hydroxyl groups is 1. The van der Waals surface area contributed by atoms with Crippen molar-refractivity contribution in [3.8, 4) is 10.4 Å². The molecule has 2 aromatic rings. The first-order valence-corrected chi connectivity index (χ1v) is 15.9. The quantitative estimate of drug-likeness (QED) is 0.321. The molecular weight excluding hydrogens is 568 g/mol. The van der Waals surface area contributed by atoms with Crippen molar-refractivity contribution >= 4 is 35.0 Å². The maximum absolute atomic E-state index is 13.8. The van der Waals surface area contributed by atoms with Gasteiger partial charge in [0.25, 0.3) is 0 Å². The number of rotatable bonds is 10. The molecule has 3 atom stereocenters. The Kier molecular flexibility index (Phi) is 10.9. The molecule has 0 spiro atoms. The number of carbonyl (C=O) groups excluding carboxylic acids is 4. The van der Waals surface area contributed by atoms with Crippen LogP contribution in [0, 0.1) is 12.3 Å². The Morgan fingerprint density at radius 2 is 1.81 bits per heavy atom. The molecule has 12 heteroatoms. The summed E-state index contributed by atoms with van der Waals surface area (Å²) in [5.74, 6) is -1.04. The van der Waals surface area contributed by atoms with Gasteiger partial charge in [0.1, 0.15) is 12.1 Å². The van der Waals surface area contributed by atoms with Crippen LogP contribution in [0.25, 0.3) is 10.4 Å². The minimum Gasteiger partial charge on any atom is -0.391 e. The van der Waals surface area contributed by atoms with Crippen LogP contribution in [-0.4, -0.2) is 94.4 Å². The van der Waals surface area contributed by atoms with Gasteiger partial charge in [-0.25, -0.2) is 4.98 Å². The Hall–Kier alpha value is -3.35. The average molecular weight is 613 g/mol. The van der Waals surface area contributed by atoms with E-state index in [9.17, 15) is 24.3 Å². The lowest BCUT2D eigenvalue weighted by Crippen LogP contribution is -2.57. The van der Waals surface area contributed by atoms with Crippen LogP contribution in [0.1, 0.15) is 57.7 Å². The smallest absolute Gasteiger partial charge is 0.246 e. The van der Waals surface area contributed by atoms with Gasteiger partial charge in [0.2, 0.25) is 23.6 Å². The molecule has 4 N–H and O–H groups in total. The first-order valence-electron chi connectivity index (χ1n) is 15.0. The van der Waals surface area contributed by atoms with Gasteiger partial charge in [0.05, 0.1) is 22.2 Å². The highest BCUT2D eigenvalue weighted by atomic mass is 32.1. The van der Waals surface area contributed by atoms with E-state index in [-0.39, 0.29) is 50.1 Å². The number of aliphatic hydroxyl groups excluding tert-OH is 1. The van der Waals surface area contributed by atoms with E-state index in [4.69, 9.17) is 0 Å². The zero-order chi connectivity index (χ0) is 31.1. The Labute approximate surface area is 257 Å². The van der Waals surface area contributed by atoms with E-state index in [1.165, 1.54) is 4.90 Å². The maximum Gasteiger partial charge on any atom is 0.246 e. The average Bonchev–Trinajstić information content (AvgIpc) is 3.59. The van der Waals surface area contributed by atoms with Gasteiger partial charge in [0, 0.05) is 58.5 Å². The van der Waals surface area contributed by atoms with Crippen molar-refractivity contribution in [2.45, 2.75) is 78.1 Å². The van der Waals surface area contributed by atoms with Crippen molar-refractivity contribution in [3.63, 3.8) is 0 Å². The summed E-state index contributed by atoms with van der Waals surface area (Å²) in [4.78, 5) is 61.0. The minimum absolute atomic E-state index is 0.0153. The van der Waals surface area contributed by atoms with Crippen molar-refractivity contribution in [2.75, 3.05) is 32.7 Å². The molecule has 0 saturated carbocycles. The van der Waals surface area contributed by atoms with Crippen LogP contribution in [0.3, 0.4) is 0 Å². The Balaban J connectivity index is 1.33. The SMILES string of the molecule is Cc1ncsc1-c1ccc(CNC(=O)[C@@H]2C[C@@H](O)CN2C(=O)[C@@H](NC(=O)CCCC(=O)N2CCNCC2)C(C)(C)C)cc1. The third kappa shape index (κ3) is 8.61. The number of hydrogen-bond acceptors (Lipinski definition) is 8.